The van der Waals surface area contributed by atoms with Gasteiger partial charge in [0.1, 0.15) is 6.33 Å². The second-order valence-electron chi connectivity index (χ2n) is 2.76. The van der Waals surface area contributed by atoms with Crippen molar-refractivity contribution in [1.82, 2.24) is 15.3 Å². The molecule has 0 spiro atoms. The summed E-state index contributed by atoms with van der Waals surface area (Å²) in [6.07, 6.45) is 1.31. The maximum Gasteiger partial charge on any atom is 0.312 e. The van der Waals surface area contributed by atoms with Gasteiger partial charge in [-0.25, -0.2) is 14.8 Å². The lowest BCUT2D eigenvalue weighted by atomic mass is 10.5. The minimum Gasteiger partial charge on any atom is -0.490 e. The van der Waals surface area contributed by atoms with Crippen LogP contribution in [0.4, 0.5) is 10.6 Å². The van der Waals surface area contributed by atoms with E-state index >= 15 is 0 Å². The summed E-state index contributed by atoms with van der Waals surface area (Å²) in [7, 11) is 1.47. The SMILES string of the molecule is COc1c(Cl)ncnc1NCCNC(N)=O. The molecule has 0 fully saturated rings. The van der Waals surface area contributed by atoms with Gasteiger partial charge in [0.15, 0.2) is 16.7 Å². The molecule has 0 radical (unpaired) electrons. The molecule has 88 valence electrons. The number of primary amides is 1. The second kappa shape index (κ2) is 5.96. The van der Waals surface area contributed by atoms with E-state index in [0.29, 0.717) is 24.7 Å². The van der Waals surface area contributed by atoms with Gasteiger partial charge in [-0.05, 0) is 0 Å². The number of nitrogens with zero attached hydrogens (tertiary/aromatic N) is 2. The first-order valence-electron chi connectivity index (χ1n) is 4.46. The molecule has 0 atom stereocenters. The number of nitrogens with two attached hydrogens (primary N) is 1. The topological polar surface area (TPSA) is 102 Å². The maximum absolute atomic E-state index is 10.4. The quantitative estimate of drug-likeness (QED) is 0.509. The highest BCUT2D eigenvalue weighted by Crippen LogP contribution is 2.27. The number of aromatic nitrogens is 2. The van der Waals surface area contributed by atoms with Crippen LogP contribution in [-0.4, -0.2) is 36.2 Å². The summed E-state index contributed by atoms with van der Waals surface area (Å²) < 4.78 is 5.02. The number of methoxy groups -OCH3 is 1. The van der Waals surface area contributed by atoms with Crippen molar-refractivity contribution in [2.75, 3.05) is 25.5 Å². The molecule has 0 aliphatic heterocycles. The highest BCUT2D eigenvalue weighted by Gasteiger charge is 2.09. The first-order valence-corrected chi connectivity index (χ1v) is 4.84. The van der Waals surface area contributed by atoms with Crippen LogP contribution in [0, 0.1) is 0 Å². The Bertz CT molecular complexity index is 373. The lowest BCUT2D eigenvalue weighted by Gasteiger charge is -2.10. The maximum atomic E-state index is 10.4. The van der Waals surface area contributed by atoms with E-state index in [9.17, 15) is 4.79 Å². The van der Waals surface area contributed by atoms with E-state index in [-0.39, 0.29) is 5.15 Å². The molecule has 0 saturated heterocycles. The minimum atomic E-state index is -0.575. The Morgan fingerprint density at radius 1 is 1.56 bits per heavy atom. The predicted octanol–water partition coefficient (Wildman–Crippen LogP) is 0.219. The number of carbonyl (C=O) groups excluding carboxylic acids is 1. The van der Waals surface area contributed by atoms with Gasteiger partial charge in [0.05, 0.1) is 7.11 Å². The largest absolute Gasteiger partial charge is 0.490 e. The van der Waals surface area contributed by atoms with Crippen molar-refractivity contribution in [3.63, 3.8) is 0 Å². The average molecular weight is 246 g/mol. The molecular formula is C8H12ClN5O2. The van der Waals surface area contributed by atoms with Crippen molar-refractivity contribution in [3.05, 3.63) is 11.5 Å². The van der Waals surface area contributed by atoms with Gasteiger partial charge in [-0.15, -0.1) is 0 Å². The fourth-order valence-corrected chi connectivity index (χ4v) is 1.24. The molecule has 8 heteroatoms. The summed E-state index contributed by atoms with van der Waals surface area (Å²) in [4.78, 5) is 18.1. The minimum absolute atomic E-state index is 0.225. The summed E-state index contributed by atoms with van der Waals surface area (Å²) >= 11 is 5.79. The van der Waals surface area contributed by atoms with Crippen molar-refractivity contribution < 1.29 is 9.53 Å². The lowest BCUT2D eigenvalue weighted by molar-refractivity contribution is 0.249. The molecule has 0 aliphatic carbocycles. The molecule has 0 aliphatic rings. The first kappa shape index (κ1) is 12.3. The normalized spacial score (nSPS) is 9.62. The van der Waals surface area contributed by atoms with Gasteiger partial charge in [-0.2, -0.15) is 0 Å². The third kappa shape index (κ3) is 3.43. The van der Waals surface area contributed by atoms with Crippen molar-refractivity contribution >= 4 is 23.4 Å². The van der Waals surface area contributed by atoms with Crippen LogP contribution in [0.15, 0.2) is 6.33 Å². The summed E-state index contributed by atoms with van der Waals surface area (Å²) in [5.74, 6) is 0.831. The molecule has 1 heterocycles. The molecule has 2 amide bonds. The number of amides is 2. The molecule has 1 aromatic heterocycles. The van der Waals surface area contributed by atoms with E-state index in [4.69, 9.17) is 22.1 Å². The molecule has 0 bridgehead atoms. The number of ether oxygens (including phenoxy) is 1. The van der Waals surface area contributed by atoms with Gasteiger partial charge in [0.2, 0.25) is 0 Å². The van der Waals surface area contributed by atoms with E-state index in [0.717, 1.165) is 0 Å². The Kier molecular flexibility index (Phi) is 4.59. The number of anilines is 1. The summed E-state index contributed by atoms with van der Waals surface area (Å²) in [5, 5.41) is 5.58. The molecule has 7 nitrogen and oxygen atoms in total. The molecule has 0 saturated carbocycles. The number of hydrogen-bond donors (Lipinski definition) is 3. The van der Waals surface area contributed by atoms with Gasteiger partial charge >= 0.3 is 6.03 Å². The van der Waals surface area contributed by atoms with Crippen LogP contribution < -0.4 is 21.1 Å². The fraction of sp³-hybridized carbons (Fsp3) is 0.375. The molecule has 1 aromatic rings. The summed E-state index contributed by atoms with van der Waals surface area (Å²) in [6.45, 7) is 0.826. The van der Waals surface area contributed by atoms with Crippen LogP contribution in [0.1, 0.15) is 0 Å². The lowest BCUT2D eigenvalue weighted by Crippen LogP contribution is -2.33. The van der Waals surface area contributed by atoms with E-state index in [1.54, 1.807) is 0 Å². The van der Waals surface area contributed by atoms with Crippen LogP contribution in [0.3, 0.4) is 0 Å². The number of hydrogen-bond acceptors (Lipinski definition) is 5. The molecule has 0 aromatic carbocycles. The molecule has 1 rings (SSSR count). The van der Waals surface area contributed by atoms with Crippen molar-refractivity contribution in [2.24, 2.45) is 5.73 Å². The number of halogens is 1. The van der Waals surface area contributed by atoms with Crippen LogP contribution in [0.25, 0.3) is 0 Å². The smallest absolute Gasteiger partial charge is 0.312 e. The number of rotatable bonds is 5. The Morgan fingerprint density at radius 3 is 2.94 bits per heavy atom. The first-order chi connectivity index (χ1) is 7.65. The van der Waals surface area contributed by atoms with Crippen molar-refractivity contribution in [1.29, 1.82) is 0 Å². The highest BCUT2D eigenvalue weighted by atomic mass is 35.5. The van der Waals surface area contributed by atoms with Crippen LogP contribution in [0.2, 0.25) is 5.15 Å². The van der Waals surface area contributed by atoms with E-state index in [2.05, 4.69) is 20.6 Å². The molecular weight excluding hydrogens is 234 g/mol. The predicted molar refractivity (Wildman–Crippen MR) is 59.7 cm³/mol. The number of urea groups is 1. The summed E-state index contributed by atoms with van der Waals surface area (Å²) in [5.41, 5.74) is 4.90. The third-order valence-corrected chi connectivity index (χ3v) is 1.95. The van der Waals surface area contributed by atoms with Gasteiger partial charge in [0.25, 0.3) is 0 Å². The second-order valence-corrected chi connectivity index (χ2v) is 3.12. The Morgan fingerprint density at radius 2 is 2.31 bits per heavy atom. The standard InChI is InChI=1S/C8H12ClN5O2/c1-16-5-6(9)13-4-14-7(5)11-2-3-12-8(10)15/h4H,2-3H2,1H3,(H3,10,12,15)(H,11,13,14). The van der Waals surface area contributed by atoms with Crippen molar-refractivity contribution in [2.45, 2.75) is 0 Å². The molecule has 0 unspecified atom stereocenters. The monoisotopic (exact) mass is 245 g/mol. The zero-order chi connectivity index (χ0) is 12.0. The zero-order valence-corrected chi connectivity index (χ0v) is 9.41. The van der Waals surface area contributed by atoms with Crippen LogP contribution >= 0.6 is 11.6 Å². The third-order valence-electron chi connectivity index (χ3n) is 1.68. The Hall–Kier alpha value is -1.76. The van der Waals surface area contributed by atoms with Gasteiger partial charge in [-0.1, -0.05) is 11.6 Å². The molecule has 4 N–H and O–H groups in total. The Labute approximate surface area is 97.3 Å². The average Bonchev–Trinajstić information content (AvgIpc) is 2.24. The van der Waals surface area contributed by atoms with Crippen molar-refractivity contribution in [3.8, 4) is 5.75 Å². The van der Waals surface area contributed by atoms with Crippen LogP contribution in [0.5, 0.6) is 5.75 Å². The van der Waals surface area contributed by atoms with Gasteiger partial charge in [0, 0.05) is 13.1 Å². The molecule has 16 heavy (non-hydrogen) atoms. The highest BCUT2D eigenvalue weighted by molar-refractivity contribution is 6.31. The van der Waals surface area contributed by atoms with E-state index < -0.39 is 6.03 Å². The van der Waals surface area contributed by atoms with Crippen LogP contribution in [-0.2, 0) is 0 Å². The fourth-order valence-electron chi connectivity index (χ4n) is 1.03. The van der Waals surface area contributed by atoms with E-state index in [1.807, 2.05) is 0 Å². The Balaban J connectivity index is 2.53. The summed E-state index contributed by atoms with van der Waals surface area (Å²) in [6, 6.07) is -0.575. The number of nitrogens with one attached hydrogen (secondary N) is 2. The number of carbonyl (C=O) groups is 1. The van der Waals surface area contributed by atoms with Gasteiger partial charge < -0.3 is 21.1 Å². The van der Waals surface area contributed by atoms with E-state index in [1.165, 1.54) is 13.4 Å². The van der Waals surface area contributed by atoms with Gasteiger partial charge in [-0.3, -0.25) is 0 Å². The zero-order valence-electron chi connectivity index (χ0n) is 8.66.